The number of aromatic amines is 1. The normalized spacial score (nSPS) is 11.8. The number of para-hydroxylation sites is 3. The molecule has 4 aromatic carbocycles. The third-order valence-electron chi connectivity index (χ3n) is 10.2. The molecule has 0 atom stereocenters. The molecule has 0 aliphatic carbocycles. The predicted octanol–water partition coefficient (Wildman–Crippen LogP) is 9.05. The highest BCUT2D eigenvalue weighted by Gasteiger charge is 2.27. The van der Waals surface area contributed by atoms with Crippen LogP contribution in [0.15, 0.2) is 106 Å². The second-order valence-corrected chi connectivity index (χ2v) is 15.7. The van der Waals surface area contributed by atoms with Crippen molar-refractivity contribution in [1.29, 1.82) is 0 Å². The number of aromatic nitrogens is 6. The van der Waals surface area contributed by atoms with E-state index in [1.165, 1.54) is 10.2 Å². The van der Waals surface area contributed by atoms with Gasteiger partial charge in [0, 0.05) is 11.3 Å². The van der Waals surface area contributed by atoms with Crippen LogP contribution in [0.4, 0.5) is 17.2 Å². The molecule has 12 heteroatoms. The summed E-state index contributed by atoms with van der Waals surface area (Å²) < 4.78 is 9.22. The Morgan fingerprint density at radius 2 is 1.59 bits per heavy atom. The van der Waals surface area contributed by atoms with Crippen LogP contribution in [0.3, 0.4) is 0 Å². The molecule has 6 aromatic rings. The third kappa shape index (κ3) is 8.13. The summed E-state index contributed by atoms with van der Waals surface area (Å²) in [7, 11) is 0. The Kier molecular flexibility index (Phi) is 11.1. The Morgan fingerprint density at radius 3 is 2.31 bits per heavy atom. The van der Waals surface area contributed by atoms with Gasteiger partial charge in [-0.15, -0.1) is 5.10 Å². The molecule has 6 rings (SSSR count). The average Bonchev–Trinajstić information content (AvgIpc) is 3.76. The van der Waals surface area contributed by atoms with Crippen molar-refractivity contribution < 1.29 is 9.53 Å². The van der Waals surface area contributed by atoms with Gasteiger partial charge in [0.15, 0.2) is 6.61 Å². The lowest BCUT2D eigenvalue weighted by Gasteiger charge is -2.30. The summed E-state index contributed by atoms with van der Waals surface area (Å²) in [6, 6.07) is 29.0. The van der Waals surface area contributed by atoms with E-state index >= 15 is 0 Å². The fourth-order valence-corrected chi connectivity index (χ4v) is 6.89. The molecule has 2 aromatic heterocycles. The van der Waals surface area contributed by atoms with E-state index < -0.39 is 0 Å². The summed E-state index contributed by atoms with van der Waals surface area (Å²) in [5.74, 6) is 0.776. The first-order valence-corrected chi connectivity index (χ1v) is 19.0. The number of anilines is 3. The third-order valence-corrected chi connectivity index (χ3v) is 11.2. The van der Waals surface area contributed by atoms with Crippen LogP contribution in [0.25, 0.3) is 11.4 Å². The molecule has 54 heavy (non-hydrogen) atoms. The lowest BCUT2D eigenvalue weighted by molar-refractivity contribution is -0.118. The van der Waals surface area contributed by atoms with Gasteiger partial charge in [-0.05, 0) is 107 Å². The number of rotatable bonds is 14. The standard InChI is InChI=1S/C42H48N8O3S/c1-9-41(5,6)29-21-23-35(31(25-29)42(7,8)10-2)53-26-36(51)43-33-18-14-15-19-34(33)50-39(52)37(38(46-50)44-32-22-20-27(3)24-28(32)4)54-40-45-47-48-49(40)30-16-12-11-13-17-30/h11-25,44,46H,9-10,26H2,1-8H3,(H,43,51). The number of carbonyl (C=O) groups is 1. The molecule has 2 heterocycles. The van der Waals surface area contributed by atoms with Crippen molar-refractivity contribution >= 4 is 34.9 Å². The largest absolute Gasteiger partial charge is 0.483 e. The lowest BCUT2D eigenvalue weighted by atomic mass is 9.76. The molecule has 0 unspecified atom stereocenters. The molecule has 0 spiro atoms. The maximum absolute atomic E-state index is 14.4. The van der Waals surface area contributed by atoms with E-state index in [2.05, 4.69) is 91.0 Å². The molecule has 0 saturated heterocycles. The molecular formula is C42H48N8O3S. The van der Waals surface area contributed by atoms with Gasteiger partial charge in [-0.2, -0.15) is 4.68 Å². The molecule has 0 radical (unpaired) electrons. The van der Waals surface area contributed by atoms with E-state index in [9.17, 15) is 9.59 Å². The molecule has 0 saturated carbocycles. The van der Waals surface area contributed by atoms with E-state index in [-0.39, 0.29) is 28.9 Å². The number of nitrogens with zero attached hydrogens (tertiary/aromatic N) is 5. The van der Waals surface area contributed by atoms with Crippen LogP contribution >= 0.6 is 11.8 Å². The van der Waals surface area contributed by atoms with Gasteiger partial charge in [0.05, 0.1) is 17.1 Å². The van der Waals surface area contributed by atoms with Gasteiger partial charge in [0.2, 0.25) is 5.16 Å². The second kappa shape index (κ2) is 15.8. The smallest absolute Gasteiger partial charge is 0.287 e. The van der Waals surface area contributed by atoms with E-state index in [1.54, 1.807) is 16.8 Å². The Hall–Kier alpha value is -5.62. The monoisotopic (exact) mass is 744 g/mol. The number of carbonyl (C=O) groups excluding carboxylic acids is 1. The fourth-order valence-electron chi connectivity index (χ4n) is 6.03. The van der Waals surface area contributed by atoms with Crippen molar-refractivity contribution in [3.05, 3.63) is 124 Å². The summed E-state index contributed by atoms with van der Waals surface area (Å²) in [5.41, 5.74) is 6.42. The van der Waals surface area contributed by atoms with Crippen molar-refractivity contribution in [2.24, 2.45) is 0 Å². The zero-order chi connectivity index (χ0) is 38.6. The fraction of sp³-hybridized carbons (Fsp3) is 0.310. The first-order chi connectivity index (χ1) is 25.8. The average molecular weight is 745 g/mol. The summed E-state index contributed by atoms with van der Waals surface area (Å²) in [6.45, 7) is 17.0. The molecule has 0 aliphatic heterocycles. The first-order valence-electron chi connectivity index (χ1n) is 18.2. The minimum absolute atomic E-state index is 0.0112. The quantitative estimate of drug-likeness (QED) is 0.101. The Morgan fingerprint density at radius 1 is 0.870 bits per heavy atom. The number of H-pyrrole nitrogens is 1. The van der Waals surface area contributed by atoms with Crippen molar-refractivity contribution in [1.82, 2.24) is 30.0 Å². The minimum atomic E-state index is -0.356. The Bertz CT molecular complexity index is 2320. The van der Waals surface area contributed by atoms with Crippen molar-refractivity contribution in [2.75, 3.05) is 17.2 Å². The number of benzene rings is 4. The van der Waals surface area contributed by atoms with Gasteiger partial charge in [0.25, 0.3) is 11.5 Å². The second-order valence-electron chi connectivity index (χ2n) is 14.8. The number of ether oxygens (including phenoxy) is 1. The first kappa shape index (κ1) is 38.1. The highest BCUT2D eigenvalue weighted by atomic mass is 32.2. The Balaban J connectivity index is 1.31. The molecule has 280 valence electrons. The summed E-state index contributed by atoms with van der Waals surface area (Å²) in [6.07, 6.45) is 1.91. The number of aryl methyl sites for hydroxylation is 2. The zero-order valence-electron chi connectivity index (χ0n) is 32.2. The van der Waals surface area contributed by atoms with Crippen LogP contribution < -0.4 is 20.9 Å². The number of nitrogens with one attached hydrogen (secondary N) is 3. The Labute approximate surface area is 320 Å². The molecule has 0 aliphatic rings. The molecule has 1 amide bonds. The minimum Gasteiger partial charge on any atom is -0.483 e. The maximum Gasteiger partial charge on any atom is 0.287 e. The number of amides is 1. The predicted molar refractivity (Wildman–Crippen MR) is 216 cm³/mol. The highest BCUT2D eigenvalue weighted by molar-refractivity contribution is 7.99. The molecule has 3 N–H and O–H groups in total. The molecule has 0 fully saturated rings. The number of hydrogen-bond acceptors (Lipinski definition) is 8. The van der Waals surface area contributed by atoms with Crippen molar-refractivity contribution in [2.45, 2.75) is 89.1 Å². The van der Waals surface area contributed by atoms with E-state index in [4.69, 9.17) is 4.74 Å². The summed E-state index contributed by atoms with van der Waals surface area (Å²) in [4.78, 5) is 28.3. The van der Waals surface area contributed by atoms with Gasteiger partial charge >= 0.3 is 0 Å². The summed E-state index contributed by atoms with van der Waals surface area (Å²) in [5, 5.41) is 22.4. The maximum atomic E-state index is 14.4. The van der Waals surface area contributed by atoms with Crippen LogP contribution in [-0.4, -0.2) is 42.5 Å². The van der Waals surface area contributed by atoms with Gasteiger partial charge in [0.1, 0.15) is 16.5 Å². The van der Waals surface area contributed by atoms with E-state index in [0.717, 1.165) is 52.7 Å². The van der Waals surface area contributed by atoms with Crippen LogP contribution in [0, 0.1) is 13.8 Å². The lowest BCUT2D eigenvalue weighted by Crippen LogP contribution is -2.25. The summed E-state index contributed by atoms with van der Waals surface area (Å²) >= 11 is 1.14. The van der Waals surface area contributed by atoms with Crippen LogP contribution in [-0.2, 0) is 15.6 Å². The van der Waals surface area contributed by atoms with E-state index in [0.29, 0.717) is 33.0 Å². The van der Waals surface area contributed by atoms with Crippen molar-refractivity contribution in [3.8, 4) is 17.1 Å². The molecule has 0 bridgehead atoms. The number of tetrazole rings is 1. The zero-order valence-corrected chi connectivity index (χ0v) is 33.0. The molecule has 11 nitrogen and oxygen atoms in total. The van der Waals surface area contributed by atoms with Crippen molar-refractivity contribution in [3.63, 3.8) is 0 Å². The van der Waals surface area contributed by atoms with Crippen LogP contribution in [0.5, 0.6) is 5.75 Å². The highest BCUT2D eigenvalue weighted by Crippen LogP contribution is 2.39. The van der Waals surface area contributed by atoms with Gasteiger partial charge in [-0.3, -0.25) is 14.7 Å². The number of hydrogen-bond donors (Lipinski definition) is 3. The van der Waals surface area contributed by atoms with Gasteiger partial charge < -0.3 is 15.4 Å². The molecular weight excluding hydrogens is 697 g/mol. The topological polar surface area (TPSA) is 132 Å². The van der Waals surface area contributed by atoms with E-state index in [1.807, 2.05) is 74.5 Å². The van der Waals surface area contributed by atoms with Crippen LogP contribution in [0.1, 0.15) is 76.6 Å². The van der Waals surface area contributed by atoms with Gasteiger partial charge in [-0.1, -0.05) is 102 Å². The SMILES string of the molecule is CCC(C)(C)c1ccc(OCC(=O)Nc2ccccc2-n2[nH]c(Nc3ccc(C)cc3C)c(Sc3nnnn3-c3ccccc3)c2=O)c(C(C)(C)CC)c1. The van der Waals surface area contributed by atoms with Gasteiger partial charge in [-0.25, -0.2) is 4.68 Å². The van der Waals surface area contributed by atoms with Crippen LogP contribution in [0.2, 0.25) is 0 Å².